The molecule has 4 nitrogen and oxygen atoms in total. The first kappa shape index (κ1) is 22.7. The summed E-state index contributed by atoms with van der Waals surface area (Å²) in [5.41, 5.74) is 0. The molecule has 144 valence electrons. The molecule has 1 heterocycles. The molecule has 1 saturated heterocycles. The molecule has 0 aliphatic carbocycles. The Morgan fingerprint density at radius 1 is 0.500 bits per heavy atom. The molecule has 0 radical (unpaired) electrons. The van der Waals surface area contributed by atoms with E-state index in [-0.39, 0.29) is 0 Å². The lowest BCUT2D eigenvalue weighted by molar-refractivity contribution is 0.225. The van der Waals surface area contributed by atoms with Crippen molar-refractivity contribution in [2.45, 2.75) is 104 Å². The van der Waals surface area contributed by atoms with Crippen molar-refractivity contribution < 1.29 is 16.5 Å². The Balaban J connectivity index is 3.11. The Morgan fingerprint density at radius 3 is 1.21 bits per heavy atom. The molecular formula is C16H40O4Si4. The molecule has 1 aliphatic rings. The molecule has 0 aromatic carbocycles. The summed E-state index contributed by atoms with van der Waals surface area (Å²) in [4.78, 5) is 0. The molecule has 1 fully saturated rings. The van der Waals surface area contributed by atoms with Crippen molar-refractivity contribution in [3.05, 3.63) is 0 Å². The van der Waals surface area contributed by atoms with Gasteiger partial charge in [-0.05, 0) is 50.9 Å². The van der Waals surface area contributed by atoms with Crippen LogP contribution < -0.4 is 0 Å². The van der Waals surface area contributed by atoms with Crippen LogP contribution in [0.3, 0.4) is 0 Å². The van der Waals surface area contributed by atoms with Crippen LogP contribution >= 0.6 is 0 Å². The van der Waals surface area contributed by atoms with Gasteiger partial charge in [0.15, 0.2) is 0 Å². The molecule has 1 rings (SSSR count). The lowest BCUT2D eigenvalue weighted by Gasteiger charge is -2.49. The Hall–Kier alpha value is 0.708. The molecule has 0 saturated carbocycles. The Morgan fingerprint density at radius 2 is 0.875 bits per heavy atom. The van der Waals surface area contributed by atoms with E-state index in [9.17, 15) is 0 Å². The average molecular weight is 409 g/mol. The fourth-order valence-corrected chi connectivity index (χ4v) is 26.9. The lowest BCUT2D eigenvalue weighted by atomic mass is 10.4. The van der Waals surface area contributed by atoms with Gasteiger partial charge in [0.2, 0.25) is 0 Å². The highest BCUT2D eigenvalue weighted by atomic mass is 28.5. The first-order valence-corrected chi connectivity index (χ1v) is 20.2. The fourth-order valence-electron chi connectivity index (χ4n) is 3.79. The maximum absolute atomic E-state index is 6.84. The van der Waals surface area contributed by atoms with Gasteiger partial charge in [-0.25, -0.2) is 0 Å². The first-order chi connectivity index (χ1) is 11.0. The molecule has 2 atom stereocenters. The third-order valence-electron chi connectivity index (χ3n) is 4.46. The monoisotopic (exact) mass is 408 g/mol. The number of hydrogen-bond donors (Lipinski definition) is 0. The van der Waals surface area contributed by atoms with Gasteiger partial charge in [-0.3, -0.25) is 0 Å². The zero-order valence-electron chi connectivity index (χ0n) is 17.3. The van der Waals surface area contributed by atoms with Gasteiger partial charge >= 0.3 is 34.2 Å². The van der Waals surface area contributed by atoms with Gasteiger partial charge in [-0.1, -0.05) is 52.9 Å². The minimum Gasteiger partial charge on any atom is -0.416 e. The third kappa shape index (κ3) is 7.14. The fraction of sp³-hybridized carbons (Fsp3) is 1.00. The van der Waals surface area contributed by atoms with E-state index in [0.717, 1.165) is 37.4 Å². The third-order valence-corrected chi connectivity index (χ3v) is 22.7. The summed E-state index contributed by atoms with van der Waals surface area (Å²) in [6.45, 7) is 17.8. The van der Waals surface area contributed by atoms with E-state index in [0.29, 0.717) is 0 Å². The van der Waals surface area contributed by atoms with Crippen LogP contribution in [0.25, 0.3) is 0 Å². The van der Waals surface area contributed by atoms with Gasteiger partial charge in [0.1, 0.15) is 0 Å². The summed E-state index contributed by atoms with van der Waals surface area (Å²) in [6.07, 6.45) is 5.77. The molecule has 0 N–H and O–H groups in total. The zero-order chi connectivity index (χ0) is 18.5. The normalized spacial score (nSPS) is 37.0. The van der Waals surface area contributed by atoms with E-state index >= 15 is 0 Å². The highest BCUT2D eigenvalue weighted by molar-refractivity contribution is 6.93. The van der Waals surface area contributed by atoms with E-state index in [1.807, 2.05) is 0 Å². The molecule has 8 heteroatoms. The zero-order valence-corrected chi connectivity index (χ0v) is 21.3. The van der Waals surface area contributed by atoms with Crippen molar-refractivity contribution in [3.63, 3.8) is 0 Å². The SMILES string of the molecule is CCCC[Si]1(C)O[Si](C)(C)O[Si](C)(CCCC)O[Si](C)(CCC)O1. The van der Waals surface area contributed by atoms with E-state index in [1.165, 1.54) is 12.8 Å². The van der Waals surface area contributed by atoms with Crippen LogP contribution in [0.5, 0.6) is 0 Å². The van der Waals surface area contributed by atoms with E-state index in [4.69, 9.17) is 16.5 Å². The molecule has 2 unspecified atom stereocenters. The molecular weight excluding hydrogens is 369 g/mol. The molecule has 0 amide bonds. The summed E-state index contributed by atoms with van der Waals surface area (Å²) in [7, 11) is -8.98. The minimum absolute atomic E-state index is 1.03. The van der Waals surface area contributed by atoms with E-state index in [2.05, 4.69) is 53.5 Å². The van der Waals surface area contributed by atoms with Gasteiger partial charge in [0.25, 0.3) is 0 Å². The van der Waals surface area contributed by atoms with Gasteiger partial charge < -0.3 is 16.5 Å². The van der Waals surface area contributed by atoms with Crippen molar-refractivity contribution in [1.29, 1.82) is 0 Å². The lowest BCUT2D eigenvalue weighted by Crippen LogP contribution is -2.66. The van der Waals surface area contributed by atoms with Gasteiger partial charge in [0, 0.05) is 0 Å². The van der Waals surface area contributed by atoms with Crippen molar-refractivity contribution in [3.8, 4) is 0 Å². The smallest absolute Gasteiger partial charge is 0.317 e. The van der Waals surface area contributed by atoms with Crippen molar-refractivity contribution >= 4 is 34.2 Å². The largest absolute Gasteiger partial charge is 0.416 e. The Kier molecular flexibility index (Phi) is 8.60. The van der Waals surface area contributed by atoms with Crippen LogP contribution in [-0.2, 0) is 16.5 Å². The van der Waals surface area contributed by atoms with Crippen molar-refractivity contribution in [1.82, 2.24) is 0 Å². The number of hydrogen-bond acceptors (Lipinski definition) is 4. The summed E-state index contributed by atoms with van der Waals surface area (Å²) in [5.74, 6) is 0. The van der Waals surface area contributed by atoms with Gasteiger partial charge in [0.05, 0.1) is 0 Å². The first-order valence-electron chi connectivity index (χ1n) is 9.81. The predicted molar refractivity (Wildman–Crippen MR) is 111 cm³/mol. The van der Waals surface area contributed by atoms with E-state index in [1.54, 1.807) is 0 Å². The summed E-state index contributed by atoms with van der Waals surface area (Å²) < 4.78 is 27.1. The number of rotatable bonds is 8. The van der Waals surface area contributed by atoms with Crippen LogP contribution in [0, 0.1) is 0 Å². The Bertz CT molecular complexity index is 368. The summed E-state index contributed by atoms with van der Waals surface area (Å²) in [6, 6.07) is 3.13. The van der Waals surface area contributed by atoms with Crippen molar-refractivity contribution in [2.75, 3.05) is 0 Å². The quantitative estimate of drug-likeness (QED) is 0.462. The second-order valence-corrected chi connectivity index (χ2v) is 22.5. The van der Waals surface area contributed by atoms with Crippen LogP contribution in [0.2, 0.25) is 50.9 Å². The molecule has 0 spiro atoms. The predicted octanol–water partition coefficient (Wildman–Crippen LogP) is 5.99. The average Bonchev–Trinajstić information content (AvgIpc) is 2.40. The standard InChI is InChI=1S/C16H40O4Si4/c1-9-12-15-23(7)17-21(4,5)18-24(8,16-13-10-2)20-22(6,19-23)14-11-3/h9-16H2,1-8H3. The maximum Gasteiger partial charge on any atom is 0.317 e. The van der Waals surface area contributed by atoms with Crippen LogP contribution in [-0.4, -0.2) is 34.2 Å². The van der Waals surface area contributed by atoms with Crippen LogP contribution in [0.15, 0.2) is 0 Å². The Labute approximate surface area is 154 Å². The van der Waals surface area contributed by atoms with Crippen LogP contribution in [0.4, 0.5) is 0 Å². The molecule has 1 aliphatic heterocycles. The second-order valence-electron chi connectivity index (χ2n) is 8.17. The summed E-state index contributed by atoms with van der Waals surface area (Å²) in [5, 5.41) is 0. The van der Waals surface area contributed by atoms with Gasteiger partial charge in [-0.2, -0.15) is 0 Å². The maximum atomic E-state index is 6.84. The highest BCUT2D eigenvalue weighted by Gasteiger charge is 2.54. The number of unbranched alkanes of at least 4 members (excludes halogenated alkanes) is 2. The molecule has 0 aromatic heterocycles. The van der Waals surface area contributed by atoms with Crippen molar-refractivity contribution in [2.24, 2.45) is 0 Å². The minimum atomic E-state index is -2.26. The summed E-state index contributed by atoms with van der Waals surface area (Å²) >= 11 is 0. The molecule has 0 bridgehead atoms. The highest BCUT2D eigenvalue weighted by Crippen LogP contribution is 2.37. The topological polar surface area (TPSA) is 36.9 Å². The molecule has 0 aromatic rings. The van der Waals surface area contributed by atoms with E-state index < -0.39 is 34.2 Å². The van der Waals surface area contributed by atoms with Gasteiger partial charge in [-0.15, -0.1) is 0 Å². The second kappa shape index (κ2) is 9.07. The van der Waals surface area contributed by atoms with Crippen LogP contribution in [0.1, 0.15) is 52.9 Å². The molecule has 24 heavy (non-hydrogen) atoms.